The molecule has 0 aromatic carbocycles. The van der Waals surface area contributed by atoms with Crippen LogP contribution in [-0.4, -0.2) is 99.3 Å². The third-order valence-corrected chi connectivity index (χ3v) is 18.6. The van der Waals surface area contributed by atoms with E-state index in [4.69, 9.17) is 9.47 Å². The monoisotopic (exact) mass is 1250 g/mol. The van der Waals surface area contributed by atoms with Crippen LogP contribution in [0.4, 0.5) is 17.6 Å². The summed E-state index contributed by atoms with van der Waals surface area (Å²) in [4.78, 5) is 78.2. The number of hydrogen-bond acceptors (Lipinski definition) is 14. The smallest absolute Gasteiger partial charge is 0.462 e. The van der Waals surface area contributed by atoms with Gasteiger partial charge in [-0.05, 0) is 126 Å². The predicted octanol–water partition coefficient (Wildman–Crippen LogP) is 14.2. The Morgan fingerprint density at radius 3 is 1.33 bits per heavy atom. The molecule has 0 spiro atoms. The highest BCUT2D eigenvalue weighted by atomic mass is 32.2. The second-order valence-electron chi connectivity index (χ2n) is 22.6. The molecule has 0 saturated heterocycles. The number of nitrogens with one attached hydrogen (secondary N) is 2. The molecule has 16 nitrogen and oxygen atoms in total. The maximum absolute atomic E-state index is 14.0. The number of Topliss-reactive ketones (excluding diaryl/α,β-unsaturated/α-hetero) is 3. The van der Waals surface area contributed by atoms with Gasteiger partial charge in [-0.1, -0.05) is 143 Å². The summed E-state index contributed by atoms with van der Waals surface area (Å²) in [5.74, 6) is 0.191. The summed E-state index contributed by atoms with van der Waals surface area (Å²) in [5, 5.41) is 9.72. The van der Waals surface area contributed by atoms with E-state index in [2.05, 4.69) is 25.5 Å². The van der Waals surface area contributed by atoms with Crippen molar-refractivity contribution in [2.75, 3.05) is 19.5 Å². The number of halogens is 4. The van der Waals surface area contributed by atoms with Crippen LogP contribution >= 0.6 is 0 Å². The Bertz CT molecular complexity index is 2190. The molecule has 0 aliphatic heterocycles. The van der Waals surface area contributed by atoms with Crippen LogP contribution in [0, 0.1) is 82.3 Å². The van der Waals surface area contributed by atoms with Crippen LogP contribution in [0.2, 0.25) is 0 Å². The fourth-order valence-corrected chi connectivity index (χ4v) is 12.5. The van der Waals surface area contributed by atoms with Crippen LogP contribution in [0.3, 0.4) is 0 Å². The van der Waals surface area contributed by atoms with Crippen molar-refractivity contribution in [1.29, 1.82) is 0 Å². The van der Waals surface area contributed by atoms with Crippen LogP contribution in [-0.2, 0) is 63.1 Å². The van der Waals surface area contributed by atoms with Crippen molar-refractivity contribution in [2.24, 2.45) is 82.3 Å². The quantitative estimate of drug-likeness (QED) is 0.0671. The van der Waals surface area contributed by atoms with E-state index < -0.39 is 60.0 Å². The first-order chi connectivity index (χ1) is 33.2. The molecule has 3 N–H and O–H groups in total. The summed E-state index contributed by atoms with van der Waals surface area (Å²) in [5.41, 5.74) is -7.85. The Kier molecular flexibility index (Phi) is 46.7. The van der Waals surface area contributed by atoms with E-state index in [9.17, 15) is 73.1 Å². The molecule has 6 fully saturated rings. The summed E-state index contributed by atoms with van der Waals surface area (Å²) in [6.45, 7) is 24.5. The lowest BCUT2D eigenvalue weighted by atomic mass is 9.75. The van der Waals surface area contributed by atoms with Crippen molar-refractivity contribution >= 4 is 61.1 Å². The van der Waals surface area contributed by atoms with Crippen molar-refractivity contribution in [1.82, 2.24) is 9.44 Å². The molecule has 2 amide bonds. The number of carbonyl (C=O) groups is 7. The predicted molar refractivity (Wildman–Crippen MR) is 331 cm³/mol. The normalized spacial score (nSPS) is 30.0. The summed E-state index contributed by atoms with van der Waals surface area (Å²) in [7, 11) is -8.99. The van der Waals surface area contributed by atoms with Crippen LogP contribution in [0.15, 0.2) is 0 Å². The number of carbonyl (C=O) groups excluding carboxylic acids is 7. The zero-order chi connectivity index (χ0) is 56.6. The summed E-state index contributed by atoms with van der Waals surface area (Å²) < 4.78 is 107. The molecule has 22 heteroatoms. The van der Waals surface area contributed by atoms with E-state index in [1.165, 1.54) is 11.6 Å². The highest BCUT2D eigenvalue weighted by Crippen LogP contribution is 2.56. The van der Waals surface area contributed by atoms with Gasteiger partial charge in [-0.15, -0.1) is 0 Å². The molecule has 6 saturated carbocycles. The fraction of sp³-hybridized carbons (Fsp3) is 0.885. The first kappa shape index (κ1) is 98.5. The Hall–Kier alpha value is -3.53. The standard InChI is InChI=1S/C12H20O5.C11H16F3NO3S.C11H19NO3S.C10H19FO.C7H10O2.10CH4/c1-5-12(3,4)11(15)17-7-6-16-10(14)8-9(2)13;1-5-6(2)8-3-7(5)4-9(8)10(16)15-19(17,18)11(12,13)14;1-6-7(2)9-4-8(6)5-10(9)11(13)12-16(3,14)15;1-4-8-6-9(3,12)7-10(8,11)5-2;1-4-5(2)7(9)3-6(4)8;;;;;;;;;;/h5-8H2,1-4H3;5-9H,3-4H2,1-2H3,(H,15,16);6-10H,4-5H2,1-3H3,(H,12,13);8,12H,4-7H2,1-3H3;4-5H,3H2,1-2H3;10*1H4. The van der Waals surface area contributed by atoms with Gasteiger partial charge in [0.05, 0.1) is 23.7 Å². The second-order valence-corrected chi connectivity index (χ2v) is 26.0. The van der Waals surface area contributed by atoms with Crippen LogP contribution in [0.25, 0.3) is 0 Å². The van der Waals surface area contributed by atoms with E-state index in [0.29, 0.717) is 67.6 Å². The Morgan fingerprint density at radius 2 is 1.05 bits per heavy atom. The molecule has 0 heterocycles. The van der Waals surface area contributed by atoms with Crippen LogP contribution in [0.5, 0.6) is 0 Å². The average molecular weight is 1250 g/mol. The SMILES string of the molecule is C.C.C.C.C.C.C.C.C.C.CC1C(=O)CC(=O)C1C.CC1C2CC(C(=O)NS(=O)(=O)C(F)(F)F)C(C2)C1C.CC1C2CC(C(=O)NS(C)(=O)=O)C(C2)C1C.CCC(C)(C)C(=O)OCCOC(=O)CC(C)=O.CCC1CC(C)(O)CC1(F)CC. The topological polar surface area (TPSA) is 251 Å². The number of amides is 2. The molecule has 502 valence electrons. The first-order valence-corrected chi connectivity index (χ1v) is 29.0. The third kappa shape index (κ3) is 27.4. The number of ether oxygens (including phenoxy) is 2. The number of aliphatic hydroxyl groups is 1. The lowest BCUT2D eigenvalue weighted by Crippen LogP contribution is -2.45. The van der Waals surface area contributed by atoms with Gasteiger partial charge in [-0.25, -0.2) is 17.5 Å². The molecule has 4 bridgehead atoms. The molecule has 83 heavy (non-hydrogen) atoms. The van der Waals surface area contributed by atoms with E-state index in [1.807, 2.05) is 41.5 Å². The first-order valence-electron chi connectivity index (χ1n) is 25.6. The van der Waals surface area contributed by atoms with Gasteiger partial charge in [0.25, 0.3) is 0 Å². The van der Waals surface area contributed by atoms with Gasteiger partial charge >= 0.3 is 27.5 Å². The summed E-state index contributed by atoms with van der Waals surface area (Å²) >= 11 is 0. The minimum atomic E-state index is -5.58. The van der Waals surface area contributed by atoms with Gasteiger partial charge in [0.2, 0.25) is 21.8 Å². The Morgan fingerprint density at radius 1 is 0.663 bits per heavy atom. The zero-order valence-corrected chi connectivity index (χ0v) is 46.9. The minimum Gasteiger partial charge on any atom is -0.462 e. The molecule has 15 atom stereocenters. The number of fused-ring (bicyclic) bond motifs is 4. The van der Waals surface area contributed by atoms with E-state index in [0.717, 1.165) is 31.9 Å². The van der Waals surface area contributed by atoms with Gasteiger partial charge in [0.15, 0.2) is 0 Å². The van der Waals surface area contributed by atoms with Gasteiger partial charge < -0.3 is 14.6 Å². The van der Waals surface area contributed by atoms with Crippen LogP contribution < -0.4 is 9.44 Å². The molecule has 6 aliphatic rings. The second kappa shape index (κ2) is 39.3. The highest BCUT2D eigenvalue weighted by Gasteiger charge is 2.55. The third-order valence-electron chi connectivity index (χ3n) is 17.0. The number of hydrogen-bond donors (Lipinski definition) is 3. The van der Waals surface area contributed by atoms with E-state index in [1.54, 1.807) is 20.8 Å². The van der Waals surface area contributed by atoms with Gasteiger partial charge in [0, 0.05) is 30.1 Å². The van der Waals surface area contributed by atoms with Gasteiger partial charge in [-0.2, -0.15) is 21.6 Å². The highest BCUT2D eigenvalue weighted by molar-refractivity contribution is 7.90. The largest absolute Gasteiger partial charge is 0.516 e. The van der Waals surface area contributed by atoms with Crippen molar-refractivity contribution in [3.63, 3.8) is 0 Å². The minimum absolute atomic E-state index is 0. The maximum atomic E-state index is 14.0. The van der Waals surface area contributed by atoms with Gasteiger partial charge in [-0.3, -0.25) is 38.3 Å². The average Bonchev–Trinajstić information content (AvgIpc) is 4.11. The molecular formula is C61H124F4N2O14S2. The van der Waals surface area contributed by atoms with Crippen molar-refractivity contribution < 1.29 is 82.5 Å². The Balaban J connectivity index is -0.000000116. The number of esters is 2. The lowest BCUT2D eigenvalue weighted by molar-refractivity contribution is -0.159. The van der Waals surface area contributed by atoms with E-state index >= 15 is 0 Å². The molecule has 6 aliphatic carbocycles. The zero-order valence-electron chi connectivity index (χ0n) is 45.3. The number of ketones is 3. The number of rotatable bonds is 13. The van der Waals surface area contributed by atoms with Crippen LogP contribution in [0.1, 0.15) is 235 Å². The molecule has 6 rings (SSSR count). The molecule has 0 radical (unpaired) electrons. The fourth-order valence-electron chi connectivity index (χ4n) is 11.4. The Labute approximate surface area is 504 Å². The molecule has 0 aromatic heterocycles. The molecule has 0 aromatic rings. The lowest BCUT2D eigenvalue weighted by Gasteiger charge is -2.30. The maximum Gasteiger partial charge on any atom is 0.516 e. The van der Waals surface area contributed by atoms with E-state index in [-0.39, 0.29) is 165 Å². The summed E-state index contributed by atoms with van der Waals surface area (Å²) in [6, 6.07) is 0. The van der Waals surface area contributed by atoms with Crippen molar-refractivity contribution in [3.05, 3.63) is 0 Å². The van der Waals surface area contributed by atoms with Crippen molar-refractivity contribution in [3.8, 4) is 0 Å². The van der Waals surface area contributed by atoms with Gasteiger partial charge in [0.1, 0.15) is 42.7 Å². The summed E-state index contributed by atoms with van der Waals surface area (Å²) in [6.07, 6.45) is 7.16. The number of sulfonamides is 2. The molecular weight excluding hydrogens is 1120 g/mol. The van der Waals surface area contributed by atoms with Crippen molar-refractivity contribution in [2.45, 2.75) is 252 Å². The molecule has 15 unspecified atom stereocenters. The number of alkyl halides is 4.